The van der Waals surface area contributed by atoms with E-state index in [2.05, 4.69) is 4.98 Å². The third-order valence-corrected chi connectivity index (χ3v) is 4.35. The van der Waals surface area contributed by atoms with Crippen molar-refractivity contribution in [2.45, 2.75) is 25.4 Å². The number of aromatic nitrogens is 1. The van der Waals surface area contributed by atoms with Gasteiger partial charge in [0.2, 0.25) is 5.91 Å². The van der Waals surface area contributed by atoms with Gasteiger partial charge >= 0.3 is 5.97 Å². The zero-order valence-corrected chi connectivity index (χ0v) is 14.4. The number of anilines is 1. The Balaban J connectivity index is 2.03. The number of nitrogens with zero attached hydrogens (tertiary/aromatic N) is 1. The standard InChI is InChI=1S/C20H21N3O3/c1-13(21)19(24)23(15-7-3-2-4-8-15)18(20(25)26)11-14-12-22-17-10-6-5-9-16(14)17/h2-10,12-13,18,22H,11,21H2,1H3,(H,25,26). The van der Waals surface area contributed by atoms with Crippen LogP contribution in [0.4, 0.5) is 5.69 Å². The maximum atomic E-state index is 12.7. The Morgan fingerprint density at radius 1 is 1.12 bits per heavy atom. The van der Waals surface area contributed by atoms with E-state index in [1.54, 1.807) is 37.4 Å². The van der Waals surface area contributed by atoms with Gasteiger partial charge in [-0.15, -0.1) is 0 Å². The molecule has 134 valence electrons. The number of hydrogen-bond donors (Lipinski definition) is 3. The van der Waals surface area contributed by atoms with Gasteiger partial charge in [0.15, 0.2) is 0 Å². The number of aliphatic carboxylic acids is 1. The van der Waals surface area contributed by atoms with E-state index in [1.165, 1.54) is 4.90 Å². The molecular formula is C20H21N3O3. The Morgan fingerprint density at radius 3 is 2.42 bits per heavy atom. The molecule has 0 saturated carbocycles. The number of H-pyrrole nitrogens is 1. The van der Waals surface area contributed by atoms with Crippen LogP contribution in [0.25, 0.3) is 10.9 Å². The van der Waals surface area contributed by atoms with Gasteiger partial charge < -0.3 is 15.8 Å². The van der Waals surface area contributed by atoms with E-state index in [-0.39, 0.29) is 6.42 Å². The Labute approximate surface area is 151 Å². The molecule has 3 rings (SSSR count). The topological polar surface area (TPSA) is 99.4 Å². The van der Waals surface area contributed by atoms with E-state index in [9.17, 15) is 14.7 Å². The minimum atomic E-state index is -1.08. The first-order valence-electron chi connectivity index (χ1n) is 8.40. The second-order valence-electron chi connectivity index (χ2n) is 6.25. The second kappa shape index (κ2) is 7.41. The minimum Gasteiger partial charge on any atom is -0.480 e. The molecule has 26 heavy (non-hydrogen) atoms. The SMILES string of the molecule is CC(N)C(=O)N(c1ccccc1)C(Cc1c[nH]c2ccccc12)C(=O)O. The molecular weight excluding hydrogens is 330 g/mol. The first-order chi connectivity index (χ1) is 12.5. The predicted molar refractivity (Wildman–Crippen MR) is 101 cm³/mol. The molecule has 0 aliphatic carbocycles. The third kappa shape index (κ3) is 3.45. The minimum absolute atomic E-state index is 0.173. The maximum absolute atomic E-state index is 12.7. The molecule has 2 aromatic carbocycles. The highest BCUT2D eigenvalue weighted by atomic mass is 16.4. The number of para-hydroxylation sites is 2. The van der Waals surface area contributed by atoms with Crippen molar-refractivity contribution >= 4 is 28.5 Å². The zero-order valence-electron chi connectivity index (χ0n) is 14.4. The van der Waals surface area contributed by atoms with Gasteiger partial charge in [-0.05, 0) is 30.7 Å². The van der Waals surface area contributed by atoms with Crippen molar-refractivity contribution in [1.29, 1.82) is 0 Å². The molecule has 6 heteroatoms. The number of amides is 1. The molecule has 1 aromatic heterocycles. The van der Waals surface area contributed by atoms with Crippen molar-refractivity contribution in [1.82, 2.24) is 4.98 Å². The summed E-state index contributed by atoms with van der Waals surface area (Å²) in [6.07, 6.45) is 1.97. The number of nitrogens with one attached hydrogen (secondary N) is 1. The van der Waals surface area contributed by atoms with E-state index in [0.717, 1.165) is 16.5 Å². The Kier molecular flexibility index (Phi) is 5.04. The lowest BCUT2D eigenvalue weighted by Crippen LogP contribution is -2.52. The fraction of sp³-hybridized carbons (Fsp3) is 0.200. The number of benzene rings is 2. The number of rotatable bonds is 6. The summed E-state index contributed by atoms with van der Waals surface area (Å²) in [7, 11) is 0. The lowest BCUT2D eigenvalue weighted by molar-refractivity contribution is -0.140. The highest BCUT2D eigenvalue weighted by molar-refractivity contribution is 6.02. The summed E-state index contributed by atoms with van der Waals surface area (Å²) in [6, 6.07) is 14.6. The maximum Gasteiger partial charge on any atom is 0.327 e. The third-order valence-electron chi connectivity index (χ3n) is 4.35. The average molecular weight is 351 g/mol. The molecule has 0 fully saturated rings. The van der Waals surface area contributed by atoms with Gasteiger partial charge in [-0.1, -0.05) is 36.4 Å². The van der Waals surface area contributed by atoms with Crippen LogP contribution in [0, 0.1) is 0 Å². The van der Waals surface area contributed by atoms with Gasteiger partial charge in [-0.25, -0.2) is 4.79 Å². The van der Waals surface area contributed by atoms with Crippen LogP contribution in [-0.4, -0.2) is 34.1 Å². The van der Waals surface area contributed by atoms with E-state index >= 15 is 0 Å². The summed E-state index contributed by atoms with van der Waals surface area (Å²) in [5, 5.41) is 10.8. The molecule has 0 spiro atoms. The number of aromatic amines is 1. The number of carboxylic acid groups (broad SMARTS) is 1. The van der Waals surface area contributed by atoms with E-state index in [1.807, 2.05) is 30.3 Å². The number of carboxylic acids is 1. The van der Waals surface area contributed by atoms with Crippen molar-refractivity contribution in [3.63, 3.8) is 0 Å². The van der Waals surface area contributed by atoms with Crippen molar-refractivity contribution in [3.05, 3.63) is 66.4 Å². The van der Waals surface area contributed by atoms with Crippen LogP contribution in [0.15, 0.2) is 60.8 Å². The van der Waals surface area contributed by atoms with Gasteiger partial charge in [-0.2, -0.15) is 0 Å². The van der Waals surface area contributed by atoms with E-state index < -0.39 is 24.0 Å². The summed E-state index contributed by atoms with van der Waals surface area (Å²) in [4.78, 5) is 29.2. The van der Waals surface area contributed by atoms with Crippen LogP contribution in [0.5, 0.6) is 0 Å². The summed E-state index contributed by atoms with van der Waals surface area (Å²) in [6.45, 7) is 1.56. The van der Waals surface area contributed by atoms with Crippen LogP contribution in [0.3, 0.4) is 0 Å². The molecule has 0 bridgehead atoms. The van der Waals surface area contributed by atoms with Gasteiger partial charge in [0.05, 0.1) is 6.04 Å². The lowest BCUT2D eigenvalue weighted by Gasteiger charge is -2.30. The highest BCUT2D eigenvalue weighted by Gasteiger charge is 2.33. The Hall–Kier alpha value is -3.12. The molecule has 0 radical (unpaired) electrons. The van der Waals surface area contributed by atoms with Gasteiger partial charge in [0.1, 0.15) is 6.04 Å². The molecule has 4 N–H and O–H groups in total. The van der Waals surface area contributed by atoms with E-state index in [0.29, 0.717) is 5.69 Å². The van der Waals surface area contributed by atoms with Crippen LogP contribution < -0.4 is 10.6 Å². The van der Waals surface area contributed by atoms with Crippen LogP contribution in [0.1, 0.15) is 12.5 Å². The summed E-state index contributed by atoms with van der Waals surface area (Å²) < 4.78 is 0. The predicted octanol–water partition coefficient (Wildman–Crippen LogP) is 2.54. The summed E-state index contributed by atoms with van der Waals surface area (Å²) >= 11 is 0. The number of hydrogen-bond acceptors (Lipinski definition) is 3. The molecule has 3 aromatic rings. The number of carbonyl (C=O) groups excluding carboxylic acids is 1. The number of fused-ring (bicyclic) bond motifs is 1. The normalized spacial score (nSPS) is 13.3. The monoisotopic (exact) mass is 351 g/mol. The largest absolute Gasteiger partial charge is 0.480 e. The fourth-order valence-electron chi connectivity index (χ4n) is 3.07. The van der Waals surface area contributed by atoms with Gasteiger partial charge in [0.25, 0.3) is 0 Å². The molecule has 1 heterocycles. The Bertz CT molecular complexity index is 918. The quantitative estimate of drug-likeness (QED) is 0.635. The number of nitrogens with two attached hydrogens (primary N) is 1. The van der Waals surface area contributed by atoms with Crippen molar-refractivity contribution in [2.24, 2.45) is 5.73 Å². The van der Waals surface area contributed by atoms with Crippen molar-refractivity contribution < 1.29 is 14.7 Å². The highest BCUT2D eigenvalue weighted by Crippen LogP contribution is 2.24. The smallest absolute Gasteiger partial charge is 0.327 e. The average Bonchev–Trinajstić information content (AvgIpc) is 3.05. The molecule has 0 aliphatic heterocycles. The van der Waals surface area contributed by atoms with Crippen molar-refractivity contribution in [3.8, 4) is 0 Å². The van der Waals surface area contributed by atoms with Gasteiger partial charge in [-0.3, -0.25) is 9.69 Å². The van der Waals surface area contributed by atoms with Crippen molar-refractivity contribution in [2.75, 3.05) is 4.90 Å². The first-order valence-corrected chi connectivity index (χ1v) is 8.40. The molecule has 6 nitrogen and oxygen atoms in total. The van der Waals surface area contributed by atoms with Crippen LogP contribution in [-0.2, 0) is 16.0 Å². The van der Waals surface area contributed by atoms with E-state index in [4.69, 9.17) is 5.73 Å². The van der Waals surface area contributed by atoms with Crippen LogP contribution >= 0.6 is 0 Å². The lowest BCUT2D eigenvalue weighted by atomic mass is 10.0. The van der Waals surface area contributed by atoms with Crippen LogP contribution in [0.2, 0.25) is 0 Å². The molecule has 2 atom stereocenters. The van der Waals surface area contributed by atoms with Gasteiger partial charge in [0, 0.05) is 29.2 Å². The molecule has 0 saturated heterocycles. The molecule has 1 amide bonds. The summed E-state index contributed by atoms with van der Waals surface area (Å²) in [5.74, 6) is -1.50. The fourth-order valence-corrected chi connectivity index (χ4v) is 3.07. The number of carbonyl (C=O) groups is 2. The molecule has 0 aliphatic rings. The zero-order chi connectivity index (χ0) is 18.7. The summed E-state index contributed by atoms with van der Waals surface area (Å²) in [5.41, 5.74) is 8.07. The Morgan fingerprint density at radius 2 is 1.77 bits per heavy atom. The second-order valence-corrected chi connectivity index (χ2v) is 6.25. The molecule has 2 unspecified atom stereocenters. The first kappa shape index (κ1) is 17.7.